The first-order valence-electron chi connectivity index (χ1n) is 5.41. The Morgan fingerprint density at radius 3 is 3.00 bits per heavy atom. The molecule has 0 aromatic heterocycles. The van der Waals surface area contributed by atoms with E-state index >= 15 is 0 Å². The maximum Gasteiger partial charge on any atom is 0.249 e. The average molecular weight is 252 g/mol. The average Bonchev–Trinajstić information content (AvgIpc) is 2.52. The summed E-state index contributed by atoms with van der Waals surface area (Å²) in [5.41, 5.74) is 3.38. The molecule has 1 N–H and O–H groups in total. The van der Waals surface area contributed by atoms with Crippen molar-refractivity contribution in [1.82, 2.24) is 10.2 Å². The fraction of sp³-hybridized carbons (Fsp3) is 0.333. The van der Waals surface area contributed by atoms with E-state index in [0.29, 0.717) is 5.96 Å². The molecule has 1 atom stereocenters. The molecule has 1 saturated heterocycles. The topological polar surface area (TPSA) is 44.7 Å². The number of hydrogen-bond acceptors (Lipinski definition) is 3. The van der Waals surface area contributed by atoms with Crippen molar-refractivity contribution >= 4 is 30.0 Å². The van der Waals surface area contributed by atoms with Gasteiger partial charge < -0.3 is 4.90 Å². The third-order valence-corrected chi connectivity index (χ3v) is 3.16. The molecule has 2 aliphatic heterocycles. The largest absolute Gasteiger partial charge is 0.326 e. The van der Waals surface area contributed by atoms with E-state index in [9.17, 15) is 4.79 Å². The maximum atomic E-state index is 11.5. The van der Waals surface area contributed by atoms with E-state index in [-0.39, 0.29) is 24.4 Å². The number of fused-ring (bicyclic) bond motifs is 2. The Kier molecular flexibility index (Phi) is 2.83. The molecule has 0 saturated carbocycles. The van der Waals surface area contributed by atoms with Gasteiger partial charge in [-0.15, -0.1) is 12.4 Å². The minimum Gasteiger partial charge on any atom is -0.326 e. The third-order valence-electron chi connectivity index (χ3n) is 3.16. The van der Waals surface area contributed by atoms with Crippen molar-refractivity contribution in [2.75, 3.05) is 0 Å². The summed E-state index contributed by atoms with van der Waals surface area (Å²) in [4.78, 5) is 18.0. The fourth-order valence-corrected chi connectivity index (χ4v) is 2.16. The highest BCUT2D eigenvalue weighted by molar-refractivity contribution is 6.07. The molecule has 0 aliphatic carbocycles. The molecule has 2 heterocycles. The van der Waals surface area contributed by atoms with Gasteiger partial charge in [0.15, 0.2) is 0 Å². The van der Waals surface area contributed by atoms with E-state index < -0.39 is 0 Å². The second-order valence-electron chi connectivity index (χ2n) is 4.36. The van der Waals surface area contributed by atoms with E-state index in [1.54, 1.807) is 0 Å². The van der Waals surface area contributed by atoms with Gasteiger partial charge in [0.05, 0.1) is 5.69 Å². The lowest BCUT2D eigenvalue weighted by Gasteiger charge is -2.26. The van der Waals surface area contributed by atoms with Crippen LogP contribution in [-0.2, 0) is 11.3 Å². The maximum absolute atomic E-state index is 11.5. The van der Waals surface area contributed by atoms with Gasteiger partial charge in [0.1, 0.15) is 6.04 Å². The minimum absolute atomic E-state index is 0. The van der Waals surface area contributed by atoms with Gasteiger partial charge in [0.2, 0.25) is 11.9 Å². The second kappa shape index (κ2) is 4.04. The zero-order valence-electron chi connectivity index (χ0n) is 9.73. The predicted octanol–water partition coefficient (Wildman–Crippen LogP) is 1.74. The van der Waals surface area contributed by atoms with Gasteiger partial charge in [-0.2, -0.15) is 0 Å². The Balaban J connectivity index is 0.00000108. The summed E-state index contributed by atoms with van der Waals surface area (Å²) in [7, 11) is 0. The van der Waals surface area contributed by atoms with Crippen LogP contribution >= 0.6 is 12.4 Å². The SMILES string of the molecule is Cc1ccc2c(c1)CN1C(=N2)NC(=O)[C@H]1C.Cl. The van der Waals surface area contributed by atoms with Crippen molar-refractivity contribution in [3.63, 3.8) is 0 Å². The molecular weight excluding hydrogens is 238 g/mol. The zero-order chi connectivity index (χ0) is 11.3. The zero-order valence-corrected chi connectivity index (χ0v) is 10.5. The first-order chi connectivity index (χ1) is 7.65. The van der Waals surface area contributed by atoms with Crippen molar-refractivity contribution < 1.29 is 4.79 Å². The molecule has 4 nitrogen and oxygen atoms in total. The van der Waals surface area contributed by atoms with Crippen LogP contribution in [0.2, 0.25) is 0 Å². The smallest absolute Gasteiger partial charge is 0.249 e. The van der Waals surface area contributed by atoms with Crippen LogP contribution in [0.25, 0.3) is 0 Å². The number of aryl methyl sites for hydroxylation is 1. The number of benzene rings is 1. The molecule has 1 aromatic carbocycles. The Hall–Kier alpha value is -1.55. The number of amides is 1. The van der Waals surface area contributed by atoms with Gasteiger partial charge in [-0.05, 0) is 25.5 Å². The fourth-order valence-electron chi connectivity index (χ4n) is 2.16. The van der Waals surface area contributed by atoms with Crippen LogP contribution < -0.4 is 5.32 Å². The van der Waals surface area contributed by atoms with E-state index in [1.165, 1.54) is 11.1 Å². The van der Waals surface area contributed by atoms with Crippen LogP contribution in [0.3, 0.4) is 0 Å². The van der Waals surface area contributed by atoms with Crippen molar-refractivity contribution in [2.45, 2.75) is 26.4 Å². The molecule has 17 heavy (non-hydrogen) atoms. The summed E-state index contributed by atoms with van der Waals surface area (Å²) in [6.07, 6.45) is 0. The molecule has 0 unspecified atom stereocenters. The van der Waals surface area contributed by atoms with Crippen molar-refractivity contribution in [2.24, 2.45) is 4.99 Å². The summed E-state index contributed by atoms with van der Waals surface area (Å²) >= 11 is 0. The minimum atomic E-state index is -0.118. The number of nitrogens with one attached hydrogen (secondary N) is 1. The number of rotatable bonds is 0. The molecule has 1 fully saturated rings. The molecule has 90 valence electrons. The molecule has 5 heteroatoms. The quantitative estimate of drug-likeness (QED) is 0.763. The number of halogens is 1. The lowest BCUT2D eigenvalue weighted by Crippen LogP contribution is -2.35. The number of carbonyl (C=O) groups excluding carboxylic acids is 1. The van der Waals surface area contributed by atoms with Crippen LogP contribution in [0, 0.1) is 6.92 Å². The van der Waals surface area contributed by atoms with Gasteiger partial charge in [-0.1, -0.05) is 17.7 Å². The van der Waals surface area contributed by atoms with Crippen LogP contribution in [0.4, 0.5) is 5.69 Å². The van der Waals surface area contributed by atoms with Gasteiger partial charge >= 0.3 is 0 Å². The molecular formula is C12H14ClN3O. The normalized spacial score (nSPS) is 21.1. The lowest BCUT2D eigenvalue weighted by atomic mass is 10.1. The van der Waals surface area contributed by atoms with Gasteiger partial charge in [-0.25, -0.2) is 4.99 Å². The van der Waals surface area contributed by atoms with Crippen molar-refractivity contribution in [3.8, 4) is 0 Å². The Bertz CT molecular complexity index is 512. The highest BCUT2D eigenvalue weighted by Crippen LogP contribution is 2.29. The van der Waals surface area contributed by atoms with Gasteiger partial charge in [0.25, 0.3) is 0 Å². The monoisotopic (exact) mass is 251 g/mol. The summed E-state index contributed by atoms with van der Waals surface area (Å²) in [6.45, 7) is 4.73. The van der Waals surface area contributed by atoms with E-state index in [2.05, 4.69) is 23.3 Å². The molecule has 0 radical (unpaired) electrons. The molecule has 0 spiro atoms. The number of aliphatic imine (C=N–C) groups is 1. The summed E-state index contributed by atoms with van der Waals surface area (Å²) in [5, 5.41) is 2.80. The number of carbonyl (C=O) groups is 1. The molecule has 0 bridgehead atoms. The summed E-state index contributed by atoms with van der Waals surface area (Å²) in [6, 6.07) is 6.06. The number of nitrogens with zero attached hydrogens (tertiary/aromatic N) is 2. The van der Waals surface area contributed by atoms with E-state index in [0.717, 1.165) is 12.2 Å². The molecule has 1 aromatic rings. The predicted molar refractivity (Wildman–Crippen MR) is 68.7 cm³/mol. The Morgan fingerprint density at radius 1 is 1.47 bits per heavy atom. The second-order valence-corrected chi connectivity index (χ2v) is 4.36. The van der Waals surface area contributed by atoms with Crippen LogP contribution in [0.15, 0.2) is 23.2 Å². The standard InChI is InChI=1S/C12H13N3O.ClH/c1-7-3-4-10-9(5-7)6-15-8(2)11(16)14-12(15)13-10;/h3-5,8H,6H2,1-2H3,(H,13,14,16);1H/t8-;/m1./s1. The molecule has 2 aliphatic rings. The van der Waals surface area contributed by atoms with Crippen LogP contribution in [-0.4, -0.2) is 22.8 Å². The molecule has 3 rings (SSSR count). The van der Waals surface area contributed by atoms with Gasteiger partial charge in [0, 0.05) is 6.54 Å². The molecule has 1 amide bonds. The number of hydrogen-bond donors (Lipinski definition) is 1. The summed E-state index contributed by atoms with van der Waals surface area (Å²) < 4.78 is 0. The van der Waals surface area contributed by atoms with Crippen LogP contribution in [0.1, 0.15) is 18.1 Å². The number of guanidine groups is 1. The van der Waals surface area contributed by atoms with Crippen LogP contribution in [0.5, 0.6) is 0 Å². The Labute approximate surface area is 106 Å². The first kappa shape index (κ1) is 11.9. The Morgan fingerprint density at radius 2 is 2.24 bits per heavy atom. The van der Waals surface area contributed by atoms with Gasteiger partial charge in [-0.3, -0.25) is 10.1 Å². The van der Waals surface area contributed by atoms with E-state index in [1.807, 2.05) is 24.0 Å². The summed E-state index contributed by atoms with van der Waals surface area (Å²) in [5.74, 6) is 0.720. The van der Waals surface area contributed by atoms with E-state index in [4.69, 9.17) is 0 Å². The first-order valence-corrected chi connectivity index (χ1v) is 5.41. The lowest BCUT2D eigenvalue weighted by molar-refractivity contribution is -0.121. The highest BCUT2D eigenvalue weighted by Gasteiger charge is 2.35. The van der Waals surface area contributed by atoms with Crippen molar-refractivity contribution in [3.05, 3.63) is 29.3 Å². The third kappa shape index (κ3) is 1.78. The highest BCUT2D eigenvalue weighted by atomic mass is 35.5. The van der Waals surface area contributed by atoms with Crippen molar-refractivity contribution in [1.29, 1.82) is 0 Å².